The van der Waals surface area contributed by atoms with Gasteiger partial charge < -0.3 is 10.4 Å². The van der Waals surface area contributed by atoms with E-state index in [2.05, 4.69) is 5.32 Å². The number of hydrogen-bond donors (Lipinski definition) is 2. The smallest absolute Gasteiger partial charge is 0.337 e. The molecule has 0 aliphatic carbocycles. The fraction of sp³-hybridized carbons (Fsp3) is 0.364. The molecule has 0 heterocycles. The van der Waals surface area contributed by atoms with Crippen LogP contribution in [0.1, 0.15) is 29.8 Å². The monoisotopic (exact) mass is 193 g/mol. The van der Waals surface area contributed by atoms with Gasteiger partial charge in [0.15, 0.2) is 0 Å². The Morgan fingerprint density at radius 2 is 2.14 bits per heavy atom. The molecule has 0 amide bonds. The van der Waals surface area contributed by atoms with Gasteiger partial charge in [-0.1, -0.05) is 19.1 Å². The Hall–Kier alpha value is -1.51. The highest BCUT2D eigenvalue weighted by Gasteiger charge is 2.11. The Morgan fingerprint density at radius 3 is 2.64 bits per heavy atom. The van der Waals surface area contributed by atoms with Crippen LogP contribution < -0.4 is 5.32 Å². The van der Waals surface area contributed by atoms with Crippen LogP contribution in [0.3, 0.4) is 0 Å². The lowest BCUT2D eigenvalue weighted by atomic mass is 10.0. The molecule has 0 aliphatic rings. The summed E-state index contributed by atoms with van der Waals surface area (Å²) in [4.78, 5) is 10.9. The Balaban J connectivity index is 3.20. The van der Waals surface area contributed by atoms with E-state index in [4.69, 9.17) is 5.11 Å². The molecule has 1 aromatic carbocycles. The first kappa shape index (κ1) is 10.6. The molecule has 0 saturated carbocycles. The van der Waals surface area contributed by atoms with E-state index in [0.717, 1.165) is 24.2 Å². The predicted molar refractivity (Wildman–Crippen MR) is 56.9 cm³/mol. The van der Waals surface area contributed by atoms with Gasteiger partial charge in [-0.3, -0.25) is 0 Å². The molecule has 0 saturated heterocycles. The van der Waals surface area contributed by atoms with E-state index in [1.807, 2.05) is 19.9 Å². The zero-order valence-corrected chi connectivity index (χ0v) is 8.50. The van der Waals surface area contributed by atoms with Crippen LogP contribution in [0.25, 0.3) is 0 Å². The summed E-state index contributed by atoms with van der Waals surface area (Å²) in [6, 6.07) is 5.35. The molecule has 0 atom stereocenters. The first-order chi connectivity index (χ1) is 6.70. The number of aryl methyl sites for hydroxylation is 1. The SMILES string of the molecule is CCNc1c(CC)cccc1C(=O)O. The van der Waals surface area contributed by atoms with E-state index in [1.54, 1.807) is 12.1 Å². The number of aromatic carboxylic acids is 1. The van der Waals surface area contributed by atoms with Gasteiger partial charge in [-0.15, -0.1) is 0 Å². The van der Waals surface area contributed by atoms with Crippen LogP contribution in [-0.4, -0.2) is 17.6 Å². The lowest BCUT2D eigenvalue weighted by molar-refractivity contribution is 0.0698. The van der Waals surface area contributed by atoms with Crippen LogP contribution in [-0.2, 0) is 6.42 Å². The summed E-state index contributed by atoms with van der Waals surface area (Å²) < 4.78 is 0. The Kier molecular flexibility index (Phi) is 3.51. The van der Waals surface area contributed by atoms with Crippen LogP contribution in [0.15, 0.2) is 18.2 Å². The average molecular weight is 193 g/mol. The Labute approximate surface area is 83.8 Å². The number of carboxylic acid groups (broad SMARTS) is 1. The van der Waals surface area contributed by atoms with Crippen molar-refractivity contribution in [2.75, 3.05) is 11.9 Å². The summed E-state index contributed by atoms with van der Waals surface area (Å²) in [7, 11) is 0. The summed E-state index contributed by atoms with van der Waals surface area (Å²) in [5, 5.41) is 12.1. The molecule has 2 N–H and O–H groups in total. The molecule has 0 aromatic heterocycles. The van der Waals surface area contributed by atoms with Gasteiger partial charge in [-0.25, -0.2) is 4.79 Å². The molecule has 0 unspecified atom stereocenters. The number of carbonyl (C=O) groups is 1. The molecule has 3 heteroatoms. The number of anilines is 1. The highest BCUT2D eigenvalue weighted by molar-refractivity contribution is 5.95. The van der Waals surface area contributed by atoms with Crippen molar-refractivity contribution < 1.29 is 9.90 Å². The van der Waals surface area contributed by atoms with Gasteiger partial charge in [0, 0.05) is 6.54 Å². The second-order valence-electron chi connectivity index (χ2n) is 3.03. The third kappa shape index (κ3) is 2.05. The van der Waals surface area contributed by atoms with Gasteiger partial charge in [0.25, 0.3) is 0 Å². The summed E-state index contributed by atoms with van der Waals surface area (Å²) >= 11 is 0. The Bertz CT molecular complexity index is 334. The molecular formula is C11H15NO2. The van der Waals surface area contributed by atoms with Crippen molar-refractivity contribution >= 4 is 11.7 Å². The van der Waals surface area contributed by atoms with E-state index in [1.165, 1.54) is 0 Å². The molecule has 0 radical (unpaired) electrons. The zero-order chi connectivity index (χ0) is 10.6. The molecule has 1 rings (SSSR count). The molecule has 14 heavy (non-hydrogen) atoms. The van der Waals surface area contributed by atoms with Crippen LogP contribution in [0, 0.1) is 0 Å². The minimum Gasteiger partial charge on any atom is -0.478 e. The van der Waals surface area contributed by atoms with Crippen molar-refractivity contribution in [2.45, 2.75) is 20.3 Å². The summed E-state index contributed by atoms with van der Waals surface area (Å²) in [5.74, 6) is -0.878. The van der Waals surface area contributed by atoms with E-state index in [-0.39, 0.29) is 0 Å². The van der Waals surface area contributed by atoms with E-state index in [0.29, 0.717) is 5.56 Å². The lowest BCUT2D eigenvalue weighted by Crippen LogP contribution is -2.08. The van der Waals surface area contributed by atoms with Crippen LogP contribution >= 0.6 is 0 Å². The van der Waals surface area contributed by atoms with E-state index in [9.17, 15) is 4.79 Å². The highest BCUT2D eigenvalue weighted by atomic mass is 16.4. The molecule has 1 aromatic rings. The fourth-order valence-corrected chi connectivity index (χ4v) is 1.46. The third-order valence-electron chi connectivity index (χ3n) is 2.12. The fourth-order valence-electron chi connectivity index (χ4n) is 1.46. The van der Waals surface area contributed by atoms with E-state index < -0.39 is 5.97 Å². The van der Waals surface area contributed by atoms with Gasteiger partial charge in [0.05, 0.1) is 11.3 Å². The second-order valence-corrected chi connectivity index (χ2v) is 3.03. The molecular weight excluding hydrogens is 178 g/mol. The van der Waals surface area contributed by atoms with Gasteiger partial charge >= 0.3 is 5.97 Å². The normalized spacial score (nSPS) is 9.86. The number of para-hydroxylation sites is 1. The Morgan fingerprint density at radius 1 is 1.43 bits per heavy atom. The molecule has 0 bridgehead atoms. The van der Waals surface area contributed by atoms with Gasteiger partial charge in [0.2, 0.25) is 0 Å². The molecule has 3 nitrogen and oxygen atoms in total. The third-order valence-corrected chi connectivity index (χ3v) is 2.12. The van der Waals surface area contributed by atoms with Crippen molar-refractivity contribution in [3.05, 3.63) is 29.3 Å². The first-order valence-electron chi connectivity index (χ1n) is 4.79. The van der Waals surface area contributed by atoms with Crippen molar-refractivity contribution in [2.24, 2.45) is 0 Å². The number of rotatable bonds is 4. The van der Waals surface area contributed by atoms with Crippen LogP contribution in [0.5, 0.6) is 0 Å². The van der Waals surface area contributed by atoms with Crippen molar-refractivity contribution in [3.63, 3.8) is 0 Å². The number of benzene rings is 1. The molecule has 0 fully saturated rings. The van der Waals surface area contributed by atoms with Crippen LogP contribution in [0.4, 0.5) is 5.69 Å². The summed E-state index contributed by atoms with van der Waals surface area (Å²) in [6.07, 6.45) is 0.837. The zero-order valence-electron chi connectivity index (χ0n) is 8.50. The second kappa shape index (κ2) is 4.65. The lowest BCUT2D eigenvalue weighted by Gasteiger charge is -2.11. The highest BCUT2D eigenvalue weighted by Crippen LogP contribution is 2.21. The standard InChI is InChI=1S/C11H15NO2/c1-3-8-6-5-7-9(11(13)14)10(8)12-4-2/h5-7,12H,3-4H2,1-2H3,(H,13,14). The van der Waals surface area contributed by atoms with Crippen LogP contribution in [0.2, 0.25) is 0 Å². The topological polar surface area (TPSA) is 49.3 Å². The molecule has 0 spiro atoms. The summed E-state index contributed by atoms with van der Waals surface area (Å²) in [6.45, 7) is 4.71. The molecule has 0 aliphatic heterocycles. The minimum atomic E-state index is -0.878. The maximum absolute atomic E-state index is 10.9. The van der Waals surface area contributed by atoms with Crippen molar-refractivity contribution in [3.8, 4) is 0 Å². The van der Waals surface area contributed by atoms with Gasteiger partial charge in [-0.2, -0.15) is 0 Å². The number of carboxylic acids is 1. The van der Waals surface area contributed by atoms with Crippen molar-refractivity contribution in [1.82, 2.24) is 0 Å². The average Bonchev–Trinajstić information content (AvgIpc) is 2.18. The van der Waals surface area contributed by atoms with Gasteiger partial charge in [0.1, 0.15) is 0 Å². The molecule has 76 valence electrons. The predicted octanol–water partition coefficient (Wildman–Crippen LogP) is 2.38. The van der Waals surface area contributed by atoms with E-state index >= 15 is 0 Å². The number of hydrogen-bond acceptors (Lipinski definition) is 2. The summed E-state index contributed by atoms with van der Waals surface area (Å²) in [5.41, 5.74) is 2.16. The van der Waals surface area contributed by atoms with Crippen molar-refractivity contribution in [1.29, 1.82) is 0 Å². The first-order valence-corrected chi connectivity index (χ1v) is 4.79. The minimum absolute atomic E-state index is 0.353. The largest absolute Gasteiger partial charge is 0.478 e. The number of nitrogens with one attached hydrogen (secondary N) is 1. The maximum Gasteiger partial charge on any atom is 0.337 e. The maximum atomic E-state index is 10.9. The van der Waals surface area contributed by atoms with Gasteiger partial charge in [-0.05, 0) is 25.0 Å². The quantitative estimate of drug-likeness (QED) is 0.771.